The second-order valence-corrected chi connectivity index (χ2v) is 8.66. The molecule has 0 bridgehead atoms. The third-order valence-corrected chi connectivity index (χ3v) is 6.56. The van der Waals surface area contributed by atoms with Crippen molar-refractivity contribution in [2.45, 2.75) is 38.5 Å². The van der Waals surface area contributed by atoms with Crippen LogP contribution >= 0.6 is 36.4 Å². The van der Waals surface area contributed by atoms with Crippen molar-refractivity contribution in [3.8, 4) is 0 Å². The fraction of sp³-hybridized carbons (Fsp3) is 0.522. The van der Waals surface area contributed by atoms with E-state index in [0.717, 1.165) is 43.9 Å². The maximum atomic E-state index is 13.4. The summed E-state index contributed by atoms with van der Waals surface area (Å²) in [4.78, 5) is 26.8. The van der Waals surface area contributed by atoms with E-state index in [9.17, 15) is 4.79 Å². The molecule has 1 aromatic carbocycles. The van der Waals surface area contributed by atoms with Crippen molar-refractivity contribution in [1.82, 2.24) is 20.2 Å². The van der Waals surface area contributed by atoms with Crippen LogP contribution in [-0.2, 0) is 11.2 Å². The Kier molecular flexibility index (Phi) is 10.0. The molecule has 1 saturated heterocycles. The van der Waals surface area contributed by atoms with Crippen molar-refractivity contribution in [2.24, 2.45) is 0 Å². The summed E-state index contributed by atoms with van der Waals surface area (Å²) >= 11 is 6.05. The van der Waals surface area contributed by atoms with Gasteiger partial charge < -0.3 is 15.1 Å². The van der Waals surface area contributed by atoms with E-state index in [-0.39, 0.29) is 36.6 Å². The third kappa shape index (κ3) is 5.66. The Bertz CT molecular complexity index is 888. The van der Waals surface area contributed by atoms with Gasteiger partial charge in [-0.2, -0.15) is 0 Å². The van der Waals surface area contributed by atoms with Gasteiger partial charge in [0.15, 0.2) is 0 Å². The topological polar surface area (TPSA) is 61.4 Å². The van der Waals surface area contributed by atoms with Crippen LogP contribution < -0.4 is 10.2 Å². The molecule has 1 aliphatic carbocycles. The first-order valence-electron chi connectivity index (χ1n) is 10.9. The normalized spacial score (nSPS) is 18.4. The van der Waals surface area contributed by atoms with Crippen LogP contribution in [-0.4, -0.2) is 60.0 Å². The maximum absolute atomic E-state index is 13.4. The van der Waals surface area contributed by atoms with Crippen molar-refractivity contribution >= 4 is 48.1 Å². The number of hydrogen-bond acceptors (Lipinski definition) is 5. The van der Waals surface area contributed by atoms with Gasteiger partial charge in [0.05, 0.1) is 5.92 Å². The Balaban J connectivity index is 0.00000181. The molecule has 2 atom stereocenters. The minimum atomic E-state index is -0.197. The lowest BCUT2D eigenvalue weighted by molar-refractivity contribution is -0.133. The van der Waals surface area contributed by atoms with E-state index in [2.05, 4.69) is 34.0 Å². The molecule has 9 heteroatoms. The summed E-state index contributed by atoms with van der Waals surface area (Å²) < 4.78 is 0. The molecule has 1 N–H and O–H groups in total. The lowest BCUT2D eigenvalue weighted by Crippen LogP contribution is -2.51. The van der Waals surface area contributed by atoms with E-state index in [1.807, 2.05) is 29.2 Å². The van der Waals surface area contributed by atoms with E-state index in [1.54, 1.807) is 6.33 Å². The molecule has 2 heterocycles. The zero-order chi connectivity index (χ0) is 21.1. The molecule has 1 aromatic heterocycles. The molecular formula is C23H32Cl3N5O. The lowest BCUT2D eigenvalue weighted by atomic mass is 9.97. The number of amides is 1. The van der Waals surface area contributed by atoms with Crippen LogP contribution in [0.15, 0.2) is 30.6 Å². The molecular weight excluding hydrogens is 469 g/mol. The smallest absolute Gasteiger partial charge is 0.231 e. The van der Waals surface area contributed by atoms with Crippen LogP contribution in [0.4, 0.5) is 5.82 Å². The summed E-state index contributed by atoms with van der Waals surface area (Å²) in [7, 11) is 0. The van der Waals surface area contributed by atoms with Gasteiger partial charge in [-0.05, 0) is 43.0 Å². The van der Waals surface area contributed by atoms with E-state index in [0.29, 0.717) is 30.6 Å². The number of likely N-dealkylation sites (N-methyl/N-ethyl adjacent to an activating group) is 1. The largest absolute Gasteiger partial charge is 0.353 e. The van der Waals surface area contributed by atoms with Gasteiger partial charge in [0, 0.05) is 49.0 Å². The predicted octanol–water partition coefficient (Wildman–Crippen LogP) is 4.07. The maximum Gasteiger partial charge on any atom is 0.231 e. The van der Waals surface area contributed by atoms with Crippen LogP contribution in [0.5, 0.6) is 0 Å². The Morgan fingerprint density at radius 2 is 1.84 bits per heavy atom. The first kappa shape index (κ1) is 26.7. The molecule has 0 saturated carbocycles. The van der Waals surface area contributed by atoms with Gasteiger partial charge in [0.2, 0.25) is 5.91 Å². The number of hydrogen-bond donors (Lipinski definition) is 1. The van der Waals surface area contributed by atoms with Crippen molar-refractivity contribution in [1.29, 1.82) is 0 Å². The number of nitrogens with one attached hydrogen (secondary N) is 1. The minimum Gasteiger partial charge on any atom is -0.353 e. The molecule has 1 fully saturated rings. The number of carbonyl (C=O) groups excluding carboxylic acids is 1. The van der Waals surface area contributed by atoms with E-state index >= 15 is 0 Å². The quantitative estimate of drug-likeness (QED) is 0.648. The van der Waals surface area contributed by atoms with Crippen LogP contribution in [0.2, 0.25) is 5.02 Å². The van der Waals surface area contributed by atoms with Gasteiger partial charge >= 0.3 is 0 Å². The van der Waals surface area contributed by atoms with Crippen LogP contribution in [0.3, 0.4) is 0 Å². The molecule has 2 unspecified atom stereocenters. The summed E-state index contributed by atoms with van der Waals surface area (Å²) in [6.45, 7) is 8.81. The summed E-state index contributed by atoms with van der Waals surface area (Å²) in [5.74, 6) is 1.56. The molecule has 0 spiro atoms. The predicted molar refractivity (Wildman–Crippen MR) is 135 cm³/mol. The fourth-order valence-corrected chi connectivity index (χ4v) is 4.69. The highest BCUT2D eigenvalue weighted by atomic mass is 35.5. The number of aromatic nitrogens is 2. The molecule has 1 amide bonds. The van der Waals surface area contributed by atoms with Crippen LogP contribution in [0.1, 0.15) is 48.9 Å². The molecule has 176 valence electrons. The SMILES string of the molecule is CCNCC(C(=O)N1CCN(c2ncnc3c2C(C)CC3)CC1)c1ccc(Cl)cc1.Cl.Cl. The number of anilines is 1. The van der Waals surface area contributed by atoms with Crippen molar-refractivity contribution in [2.75, 3.05) is 44.2 Å². The number of piperazine rings is 1. The average molecular weight is 501 g/mol. The fourth-order valence-electron chi connectivity index (χ4n) is 4.57. The summed E-state index contributed by atoms with van der Waals surface area (Å²) in [6.07, 6.45) is 3.88. The van der Waals surface area contributed by atoms with Crippen molar-refractivity contribution in [3.05, 3.63) is 52.4 Å². The van der Waals surface area contributed by atoms with E-state index < -0.39 is 0 Å². The van der Waals surface area contributed by atoms with Gasteiger partial charge in [-0.15, -0.1) is 24.8 Å². The number of halogens is 3. The number of rotatable bonds is 6. The Labute approximate surface area is 208 Å². The lowest BCUT2D eigenvalue weighted by Gasteiger charge is -2.38. The van der Waals surface area contributed by atoms with Crippen molar-refractivity contribution < 1.29 is 4.79 Å². The first-order chi connectivity index (χ1) is 14.6. The van der Waals surface area contributed by atoms with E-state index in [4.69, 9.17) is 11.6 Å². The summed E-state index contributed by atoms with van der Waals surface area (Å²) in [5.41, 5.74) is 3.51. The van der Waals surface area contributed by atoms with Gasteiger partial charge in [0.1, 0.15) is 12.1 Å². The zero-order valence-corrected chi connectivity index (χ0v) is 21.0. The van der Waals surface area contributed by atoms with Gasteiger partial charge in [-0.25, -0.2) is 9.97 Å². The molecule has 1 aliphatic heterocycles. The first-order valence-corrected chi connectivity index (χ1v) is 11.3. The molecule has 0 radical (unpaired) electrons. The number of nitrogens with zero attached hydrogens (tertiary/aromatic N) is 4. The molecule has 2 aliphatic rings. The standard InChI is InChI=1S/C23H30ClN5O.2ClH/c1-3-25-14-19(17-5-7-18(24)8-6-17)23(30)29-12-10-28(11-13-29)22-21-16(2)4-9-20(21)26-15-27-22;;/h5-8,15-16,19,25H,3-4,9-14H2,1-2H3;2*1H. The molecule has 2 aromatic rings. The molecule has 4 rings (SSSR count). The monoisotopic (exact) mass is 499 g/mol. The molecule has 6 nitrogen and oxygen atoms in total. The number of aryl methyl sites for hydroxylation is 1. The Morgan fingerprint density at radius 3 is 2.50 bits per heavy atom. The minimum absolute atomic E-state index is 0. The Hall–Kier alpha value is -1.60. The van der Waals surface area contributed by atoms with Crippen LogP contribution in [0, 0.1) is 0 Å². The summed E-state index contributed by atoms with van der Waals surface area (Å²) in [6, 6.07) is 7.64. The van der Waals surface area contributed by atoms with Gasteiger partial charge in [0.25, 0.3) is 0 Å². The highest BCUT2D eigenvalue weighted by Crippen LogP contribution is 2.37. The molecule has 32 heavy (non-hydrogen) atoms. The zero-order valence-electron chi connectivity index (χ0n) is 18.6. The summed E-state index contributed by atoms with van der Waals surface area (Å²) in [5, 5.41) is 4.03. The number of carbonyl (C=O) groups is 1. The van der Waals surface area contributed by atoms with E-state index in [1.165, 1.54) is 11.3 Å². The van der Waals surface area contributed by atoms with Gasteiger partial charge in [-0.3, -0.25) is 4.79 Å². The number of fused-ring (bicyclic) bond motifs is 1. The van der Waals surface area contributed by atoms with Crippen molar-refractivity contribution in [3.63, 3.8) is 0 Å². The highest BCUT2D eigenvalue weighted by molar-refractivity contribution is 6.30. The van der Waals surface area contributed by atoms with Crippen LogP contribution in [0.25, 0.3) is 0 Å². The van der Waals surface area contributed by atoms with Gasteiger partial charge in [-0.1, -0.05) is 37.6 Å². The third-order valence-electron chi connectivity index (χ3n) is 6.31. The second-order valence-electron chi connectivity index (χ2n) is 8.22. The average Bonchev–Trinajstić information content (AvgIpc) is 3.16. The second kappa shape index (κ2) is 12.0. The number of benzene rings is 1. The Morgan fingerprint density at radius 1 is 1.16 bits per heavy atom. The highest BCUT2D eigenvalue weighted by Gasteiger charge is 2.31.